The molecule has 0 radical (unpaired) electrons. The van der Waals surface area contributed by atoms with Gasteiger partial charge in [-0.3, -0.25) is 4.98 Å². The largest absolute Gasteiger partial charge is 0.264 e. The lowest BCUT2D eigenvalue weighted by Crippen LogP contribution is -1.91. The highest BCUT2D eigenvalue weighted by Gasteiger charge is 2.02. The summed E-state index contributed by atoms with van der Waals surface area (Å²) in [4.78, 5) is 17.5. The Morgan fingerprint density at radius 3 is 2.92 bits per heavy atom. The Hall–Kier alpha value is -1.47. The van der Waals surface area contributed by atoms with E-state index in [0.29, 0.717) is 0 Å². The molecule has 0 aliphatic rings. The van der Waals surface area contributed by atoms with Crippen molar-refractivity contribution < 1.29 is 4.79 Å². The van der Waals surface area contributed by atoms with Gasteiger partial charge in [0.05, 0.1) is 6.04 Å². The zero-order chi connectivity index (χ0) is 8.97. The van der Waals surface area contributed by atoms with Gasteiger partial charge in [0.25, 0.3) is 0 Å². The van der Waals surface area contributed by atoms with Gasteiger partial charge in [-0.1, -0.05) is 6.07 Å². The Labute approximate surface area is 71.2 Å². The second-order valence-corrected chi connectivity index (χ2v) is 2.69. The maximum Gasteiger partial charge on any atom is 0.235 e. The summed E-state index contributed by atoms with van der Waals surface area (Å²) in [6.45, 7) is 3.79. The van der Waals surface area contributed by atoms with Crippen molar-refractivity contribution in [3.63, 3.8) is 0 Å². The van der Waals surface area contributed by atoms with Gasteiger partial charge in [0, 0.05) is 12.4 Å². The highest BCUT2D eigenvalue weighted by Crippen LogP contribution is 2.15. The van der Waals surface area contributed by atoms with E-state index in [4.69, 9.17) is 0 Å². The first-order valence-corrected chi connectivity index (χ1v) is 3.72. The molecule has 1 aromatic rings. The van der Waals surface area contributed by atoms with Crippen LogP contribution in [0.2, 0.25) is 0 Å². The molecule has 12 heavy (non-hydrogen) atoms. The topological polar surface area (TPSA) is 42.3 Å². The van der Waals surface area contributed by atoms with Crippen LogP contribution in [0, 0.1) is 6.92 Å². The van der Waals surface area contributed by atoms with E-state index in [1.807, 2.05) is 19.9 Å². The molecule has 0 aromatic carbocycles. The number of aryl methyl sites for hydroxylation is 1. The molecule has 0 fully saturated rings. The predicted octanol–water partition coefficient (Wildman–Crippen LogP) is 1.79. The fourth-order valence-corrected chi connectivity index (χ4v) is 0.960. The lowest BCUT2D eigenvalue weighted by atomic mass is 10.1. The minimum absolute atomic E-state index is 0.144. The molecule has 1 heterocycles. The second-order valence-electron chi connectivity index (χ2n) is 2.69. The highest BCUT2D eigenvalue weighted by atomic mass is 16.1. The van der Waals surface area contributed by atoms with Crippen molar-refractivity contribution in [2.75, 3.05) is 0 Å². The summed E-state index contributed by atoms with van der Waals surface area (Å²) in [5.41, 5.74) is 2.01. The zero-order valence-electron chi connectivity index (χ0n) is 7.11. The molecular weight excluding hydrogens is 152 g/mol. The van der Waals surface area contributed by atoms with Crippen molar-refractivity contribution in [2.45, 2.75) is 19.9 Å². The first kappa shape index (κ1) is 8.62. The number of aliphatic imine (C=N–C) groups is 1. The smallest absolute Gasteiger partial charge is 0.235 e. The molecule has 0 aliphatic carbocycles. The van der Waals surface area contributed by atoms with Crippen LogP contribution in [0.25, 0.3) is 0 Å². The Morgan fingerprint density at radius 2 is 2.33 bits per heavy atom. The van der Waals surface area contributed by atoms with E-state index in [0.717, 1.165) is 11.1 Å². The van der Waals surface area contributed by atoms with E-state index in [1.165, 1.54) is 6.08 Å². The van der Waals surface area contributed by atoms with E-state index in [-0.39, 0.29) is 6.04 Å². The Bertz CT molecular complexity index is 316. The number of hydrogen-bond acceptors (Lipinski definition) is 3. The third-order valence-electron chi connectivity index (χ3n) is 1.62. The first-order chi connectivity index (χ1) is 5.74. The Balaban J connectivity index is 2.94. The zero-order valence-corrected chi connectivity index (χ0v) is 7.11. The lowest BCUT2D eigenvalue weighted by molar-refractivity contribution is 0.559. The Morgan fingerprint density at radius 1 is 1.58 bits per heavy atom. The summed E-state index contributed by atoms with van der Waals surface area (Å²) in [5.74, 6) is 0. The maximum atomic E-state index is 9.96. The van der Waals surface area contributed by atoms with E-state index in [2.05, 4.69) is 9.98 Å². The molecule has 3 heteroatoms. The molecular formula is C9H10N2O. The lowest BCUT2D eigenvalue weighted by Gasteiger charge is -2.03. The Kier molecular flexibility index (Phi) is 2.72. The SMILES string of the molecule is Cc1cncc(C(C)N=C=O)c1. The van der Waals surface area contributed by atoms with Crippen molar-refractivity contribution in [3.8, 4) is 0 Å². The molecule has 0 amide bonds. The van der Waals surface area contributed by atoms with Gasteiger partial charge in [-0.25, -0.2) is 4.79 Å². The second kappa shape index (κ2) is 3.79. The van der Waals surface area contributed by atoms with Crippen LogP contribution in [-0.2, 0) is 4.79 Å². The first-order valence-electron chi connectivity index (χ1n) is 3.72. The minimum Gasteiger partial charge on any atom is -0.264 e. The normalized spacial score (nSPS) is 11.8. The average molecular weight is 162 g/mol. The third-order valence-corrected chi connectivity index (χ3v) is 1.62. The average Bonchev–Trinajstić information content (AvgIpc) is 2.05. The van der Waals surface area contributed by atoms with Crippen LogP contribution in [0.15, 0.2) is 23.5 Å². The van der Waals surface area contributed by atoms with Gasteiger partial charge in [0.1, 0.15) is 0 Å². The predicted molar refractivity (Wildman–Crippen MR) is 45.5 cm³/mol. The molecule has 3 nitrogen and oxygen atoms in total. The molecule has 0 N–H and O–H groups in total. The van der Waals surface area contributed by atoms with E-state index < -0.39 is 0 Å². The van der Waals surface area contributed by atoms with Crippen LogP contribution < -0.4 is 0 Å². The van der Waals surface area contributed by atoms with Gasteiger partial charge in [-0.15, -0.1) is 0 Å². The van der Waals surface area contributed by atoms with Crippen LogP contribution in [0.5, 0.6) is 0 Å². The minimum atomic E-state index is -0.144. The molecule has 1 rings (SSSR count). The monoisotopic (exact) mass is 162 g/mol. The van der Waals surface area contributed by atoms with E-state index in [9.17, 15) is 4.79 Å². The van der Waals surface area contributed by atoms with E-state index >= 15 is 0 Å². The van der Waals surface area contributed by atoms with Gasteiger partial charge in [0.15, 0.2) is 0 Å². The molecule has 0 spiro atoms. The highest BCUT2D eigenvalue weighted by molar-refractivity contribution is 5.35. The van der Waals surface area contributed by atoms with Crippen LogP contribution in [0.1, 0.15) is 24.1 Å². The van der Waals surface area contributed by atoms with Gasteiger partial charge >= 0.3 is 0 Å². The van der Waals surface area contributed by atoms with Crippen molar-refractivity contribution in [1.82, 2.24) is 4.98 Å². The standard InChI is InChI=1S/C9H10N2O/c1-7-3-9(5-10-4-7)8(2)11-6-12/h3-5,8H,1-2H3. The van der Waals surface area contributed by atoms with Crippen LogP contribution in [0.3, 0.4) is 0 Å². The molecule has 0 saturated heterocycles. The molecule has 1 unspecified atom stereocenters. The summed E-state index contributed by atoms with van der Waals surface area (Å²) < 4.78 is 0. The van der Waals surface area contributed by atoms with Crippen LogP contribution in [0.4, 0.5) is 0 Å². The van der Waals surface area contributed by atoms with Crippen molar-refractivity contribution >= 4 is 6.08 Å². The fourth-order valence-electron chi connectivity index (χ4n) is 0.960. The molecule has 1 atom stereocenters. The molecule has 1 aromatic heterocycles. The summed E-state index contributed by atoms with van der Waals surface area (Å²) in [5, 5.41) is 0. The summed E-state index contributed by atoms with van der Waals surface area (Å²) in [7, 11) is 0. The number of pyridine rings is 1. The van der Waals surface area contributed by atoms with Crippen LogP contribution in [-0.4, -0.2) is 11.1 Å². The summed E-state index contributed by atoms with van der Waals surface area (Å²) in [6, 6.07) is 1.81. The summed E-state index contributed by atoms with van der Waals surface area (Å²) >= 11 is 0. The van der Waals surface area contributed by atoms with Crippen molar-refractivity contribution in [2.24, 2.45) is 4.99 Å². The van der Waals surface area contributed by atoms with Crippen molar-refractivity contribution in [1.29, 1.82) is 0 Å². The fraction of sp³-hybridized carbons (Fsp3) is 0.333. The maximum absolute atomic E-state index is 9.96. The quantitative estimate of drug-likeness (QED) is 0.491. The number of rotatable bonds is 2. The van der Waals surface area contributed by atoms with E-state index in [1.54, 1.807) is 12.4 Å². The number of isocyanates is 1. The van der Waals surface area contributed by atoms with Gasteiger partial charge in [-0.05, 0) is 25.0 Å². The molecule has 0 aliphatic heterocycles. The van der Waals surface area contributed by atoms with Crippen LogP contribution >= 0.6 is 0 Å². The molecule has 62 valence electrons. The molecule has 0 saturated carbocycles. The number of hydrogen-bond donors (Lipinski definition) is 0. The summed E-state index contributed by atoms with van der Waals surface area (Å²) in [6.07, 6.45) is 5.00. The third kappa shape index (κ3) is 2.01. The number of nitrogens with zero attached hydrogens (tertiary/aromatic N) is 2. The van der Waals surface area contributed by atoms with Gasteiger partial charge < -0.3 is 0 Å². The van der Waals surface area contributed by atoms with Gasteiger partial charge in [0.2, 0.25) is 6.08 Å². The molecule has 0 bridgehead atoms. The van der Waals surface area contributed by atoms with Crippen molar-refractivity contribution in [3.05, 3.63) is 29.6 Å². The number of carbonyl (C=O) groups excluding carboxylic acids is 1. The van der Waals surface area contributed by atoms with Gasteiger partial charge in [-0.2, -0.15) is 4.99 Å². The number of aromatic nitrogens is 1.